The lowest BCUT2D eigenvalue weighted by atomic mass is 9.53. The lowest BCUT2D eigenvalue weighted by Crippen LogP contribution is -2.61. The Kier molecular flexibility index (Phi) is 7.06. The highest BCUT2D eigenvalue weighted by Crippen LogP contribution is 2.55. The van der Waals surface area contributed by atoms with Crippen LogP contribution in [0.2, 0.25) is 0 Å². The molecule has 1 aliphatic heterocycles. The van der Waals surface area contributed by atoms with E-state index in [2.05, 4.69) is 76.2 Å². The molecule has 7 rings (SSSR count). The number of piperidine rings is 1. The molecule has 1 atom stereocenters. The molecule has 0 radical (unpaired) electrons. The topological polar surface area (TPSA) is 44.4 Å². The summed E-state index contributed by atoms with van der Waals surface area (Å²) in [5, 5.41) is 6.94. The van der Waals surface area contributed by atoms with Gasteiger partial charge in [-0.05, 0) is 112 Å². The molecule has 1 saturated heterocycles. The minimum absolute atomic E-state index is 0.0485. The van der Waals surface area contributed by atoms with Crippen molar-refractivity contribution in [2.24, 2.45) is 23.7 Å². The SMILES string of the molecule is O=C(NC(CCN1CCC(Cc2ccccc2)CC1)c1ccccc1)NC12CC3CC(CC(C3)C1)C2. The van der Waals surface area contributed by atoms with E-state index < -0.39 is 0 Å². The average molecular weight is 486 g/mol. The van der Waals surface area contributed by atoms with Crippen molar-refractivity contribution < 1.29 is 4.79 Å². The third-order valence-electron chi connectivity index (χ3n) is 9.73. The van der Waals surface area contributed by atoms with E-state index in [4.69, 9.17) is 0 Å². The van der Waals surface area contributed by atoms with Crippen molar-refractivity contribution in [3.63, 3.8) is 0 Å². The fourth-order valence-corrected chi connectivity index (χ4v) is 8.38. The quantitative estimate of drug-likeness (QED) is 0.458. The summed E-state index contributed by atoms with van der Waals surface area (Å²) in [7, 11) is 0. The van der Waals surface area contributed by atoms with Crippen LogP contribution in [0.3, 0.4) is 0 Å². The van der Waals surface area contributed by atoms with Gasteiger partial charge in [0.2, 0.25) is 0 Å². The Morgan fingerprint density at radius 1 is 0.861 bits per heavy atom. The molecule has 4 nitrogen and oxygen atoms in total. The van der Waals surface area contributed by atoms with E-state index in [9.17, 15) is 4.79 Å². The summed E-state index contributed by atoms with van der Waals surface area (Å²) in [4.78, 5) is 16.0. The van der Waals surface area contributed by atoms with Crippen molar-refractivity contribution in [1.82, 2.24) is 15.5 Å². The van der Waals surface area contributed by atoms with Crippen LogP contribution in [0, 0.1) is 23.7 Å². The van der Waals surface area contributed by atoms with E-state index >= 15 is 0 Å². The molecule has 4 saturated carbocycles. The number of likely N-dealkylation sites (tertiary alicyclic amines) is 1. The van der Waals surface area contributed by atoms with Gasteiger partial charge < -0.3 is 15.5 Å². The van der Waals surface area contributed by atoms with Gasteiger partial charge in [0.05, 0.1) is 6.04 Å². The van der Waals surface area contributed by atoms with Gasteiger partial charge in [-0.2, -0.15) is 0 Å². The number of carbonyl (C=O) groups excluding carboxylic acids is 1. The second kappa shape index (κ2) is 10.6. The van der Waals surface area contributed by atoms with Gasteiger partial charge in [-0.25, -0.2) is 4.79 Å². The summed E-state index contributed by atoms with van der Waals surface area (Å²) in [6, 6.07) is 21.6. The van der Waals surface area contributed by atoms with Crippen molar-refractivity contribution in [1.29, 1.82) is 0 Å². The normalized spacial score (nSPS) is 30.7. The van der Waals surface area contributed by atoms with Crippen molar-refractivity contribution in [2.75, 3.05) is 19.6 Å². The molecule has 5 aliphatic rings. The summed E-state index contributed by atoms with van der Waals surface area (Å²) in [6.07, 6.45) is 12.5. The van der Waals surface area contributed by atoms with Crippen LogP contribution >= 0.6 is 0 Å². The van der Waals surface area contributed by atoms with Crippen LogP contribution in [0.1, 0.15) is 75.0 Å². The third-order valence-corrected chi connectivity index (χ3v) is 9.73. The molecule has 1 heterocycles. The van der Waals surface area contributed by atoms with Gasteiger partial charge in [0.15, 0.2) is 0 Å². The maximum Gasteiger partial charge on any atom is 0.315 e. The first-order valence-electron chi connectivity index (χ1n) is 14.5. The summed E-state index contributed by atoms with van der Waals surface area (Å²) in [5.41, 5.74) is 2.74. The van der Waals surface area contributed by atoms with Crippen LogP contribution in [-0.2, 0) is 6.42 Å². The van der Waals surface area contributed by atoms with Gasteiger partial charge in [-0.15, -0.1) is 0 Å². The van der Waals surface area contributed by atoms with Crippen LogP contribution in [0.5, 0.6) is 0 Å². The first-order valence-corrected chi connectivity index (χ1v) is 14.5. The first-order chi connectivity index (χ1) is 17.6. The third kappa shape index (κ3) is 5.64. The zero-order valence-corrected chi connectivity index (χ0v) is 21.7. The van der Waals surface area contributed by atoms with Gasteiger partial charge in [-0.1, -0.05) is 60.7 Å². The number of benzene rings is 2. The highest BCUT2D eigenvalue weighted by molar-refractivity contribution is 5.75. The fourth-order valence-electron chi connectivity index (χ4n) is 8.38. The minimum atomic E-state index is 0.0485. The Morgan fingerprint density at radius 2 is 1.44 bits per heavy atom. The predicted molar refractivity (Wildman–Crippen MR) is 146 cm³/mol. The smallest absolute Gasteiger partial charge is 0.315 e. The molecule has 192 valence electrons. The molecule has 1 unspecified atom stereocenters. The Bertz CT molecular complexity index is 963. The molecular weight excluding hydrogens is 442 g/mol. The molecule has 2 aromatic carbocycles. The van der Waals surface area contributed by atoms with E-state index in [1.54, 1.807) is 0 Å². The molecule has 0 spiro atoms. The van der Waals surface area contributed by atoms with Crippen molar-refractivity contribution in [3.8, 4) is 0 Å². The molecular formula is C32H43N3O. The average Bonchev–Trinajstić information content (AvgIpc) is 2.87. The summed E-state index contributed by atoms with van der Waals surface area (Å²) in [5.74, 6) is 3.31. The van der Waals surface area contributed by atoms with E-state index in [0.29, 0.717) is 0 Å². The molecule has 4 aliphatic carbocycles. The van der Waals surface area contributed by atoms with Gasteiger partial charge in [0.25, 0.3) is 0 Å². The van der Waals surface area contributed by atoms with E-state index in [-0.39, 0.29) is 17.6 Å². The number of urea groups is 1. The number of carbonyl (C=O) groups is 1. The molecule has 2 aromatic rings. The number of amides is 2. The maximum absolute atomic E-state index is 13.3. The van der Waals surface area contributed by atoms with E-state index in [0.717, 1.165) is 36.6 Å². The minimum Gasteiger partial charge on any atom is -0.333 e. The standard InChI is InChI=1S/C32H43N3O/c36-31(34-32-21-26-18-27(22-32)20-28(19-26)23-32)33-30(29-9-5-2-6-10-29)13-16-35-14-11-25(12-15-35)17-24-7-3-1-4-8-24/h1-10,25-28,30H,11-23H2,(H2,33,34,36). The molecule has 0 aromatic heterocycles. The number of nitrogens with one attached hydrogen (secondary N) is 2. The van der Waals surface area contributed by atoms with E-state index in [1.165, 1.54) is 82.0 Å². The molecule has 4 heteroatoms. The lowest BCUT2D eigenvalue weighted by molar-refractivity contribution is -0.0137. The number of rotatable bonds is 8. The highest BCUT2D eigenvalue weighted by Gasteiger charge is 2.51. The summed E-state index contributed by atoms with van der Waals surface area (Å²) in [6.45, 7) is 3.37. The Balaban J connectivity index is 1.03. The van der Waals surface area contributed by atoms with Crippen LogP contribution in [-0.4, -0.2) is 36.1 Å². The van der Waals surface area contributed by atoms with Crippen molar-refractivity contribution in [3.05, 3.63) is 71.8 Å². The van der Waals surface area contributed by atoms with Gasteiger partial charge in [0.1, 0.15) is 0 Å². The predicted octanol–water partition coefficient (Wildman–Crippen LogP) is 6.34. The number of hydrogen-bond acceptors (Lipinski definition) is 2. The molecule has 2 N–H and O–H groups in total. The van der Waals surface area contributed by atoms with Crippen LogP contribution < -0.4 is 10.6 Å². The summed E-state index contributed by atoms with van der Waals surface area (Å²) >= 11 is 0. The molecule has 5 fully saturated rings. The number of hydrogen-bond donors (Lipinski definition) is 2. The van der Waals surface area contributed by atoms with Gasteiger partial charge in [0, 0.05) is 12.1 Å². The fraction of sp³-hybridized carbons (Fsp3) is 0.594. The van der Waals surface area contributed by atoms with Gasteiger partial charge >= 0.3 is 6.03 Å². The second-order valence-corrected chi connectivity index (χ2v) is 12.5. The zero-order chi connectivity index (χ0) is 24.4. The van der Waals surface area contributed by atoms with E-state index in [1.807, 2.05) is 0 Å². The maximum atomic E-state index is 13.3. The largest absolute Gasteiger partial charge is 0.333 e. The molecule has 36 heavy (non-hydrogen) atoms. The first kappa shape index (κ1) is 24.0. The second-order valence-electron chi connectivity index (χ2n) is 12.5. The van der Waals surface area contributed by atoms with Crippen LogP contribution in [0.4, 0.5) is 4.79 Å². The van der Waals surface area contributed by atoms with Crippen LogP contribution in [0.15, 0.2) is 60.7 Å². The Morgan fingerprint density at radius 3 is 2.06 bits per heavy atom. The van der Waals surface area contributed by atoms with Crippen molar-refractivity contribution in [2.45, 2.75) is 75.8 Å². The Hall–Kier alpha value is -2.33. The van der Waals surface area contributed by atoms with Gasteiger partial charge in [-0.3, -0.25) is 0 Å². The highest BCUT2D eigenvalue weighted by atomic mass is 16.2. The molecule has 2 amide bonds. The monoisotopic (exact) mass is 485 g/mol. The zero-order valence-electron chi connectivity index (χ0n) is 21.7. The summed E-state index contributed by atoms with van der Waals surface area (Å²) < 4.78 is 0. The van der Waals surface area contributed by atoms with Crippen LogP contribution in [0.25, 0.3) is 0 Å². The molecule has 4 bridgehead atoms. The number of nitrogens with zero attached hydrogens (tertiary/aromatic N) is 1. The van der Waals surface area contributed by atoms with Crippen molar-refractivity contribution >= 4 is 6.03 Å². The Labute approximate surface area is 217 Å². The lowest BCUT2D eigenvalue weighted by Gasteiger charge is -2.56.